The van der Waals surface area contributed by atoms with E-state index in [1.54, 1.807) is 17.5 Å². The van der Waals surface area contributed by atoms with Crippen LogP contribution in [-0.4, -0.2) is 44.8 Å². The topological polar surface area (TPSA) is 66.9 Å². The summed E-state index contributed by atoms with van der Waals surface area (Å²) >= 11 is 1.72. The van der Waals surface area contributed by atoms with E-state index in [4.69, 9.17) is 4.74 Å². The van der Waals surface area contributed by atoms with E-state index in [-0.39, 0.29) is 6.10 Å². The molecule has 1 aliphatic rings. The Morgan fingerprint density at radius 1 is 1.45 bits per heavy atom. The molecule has 1 unspecified atom stereocenters. The predicted molar refractivity (Wildman–Crippen MR) is 84.7 cm³/mol. The van der Waals surface area contributed by atoms with Crippen molar-refractivity contribution in [3.8, 4) is 0 Å². The van der Waals surface area contributed by atoms with Crippen LogP contribution in [-0.2, 0) is 11.3 Å². The maximum Gasteiger partial charge on any atom is 0.181 e. The molecule has 1 saturated heterocycles. The van der Waals surface area contributed by atoms with Gasteiger partial charge in [-0.2, -0.15) is 5.10 Å². The van der Waals surface area contributed by atoms with Crippen molar-refractivity contribution in [2.24, 2.45) is 0 Å². The van der Waals surface area contributed by atoms with E-state index in [1.165, 1.54) is 4.88 Å². The van der Waals surface area contributed by atoms with Gasteiger partial charge < -0.3 is 4.74 Å². The van der Waals surface area contributed by atoms with Gasteiger partial charge in [-0.1, -0.05) is 0 Å². The van der Waals surface area contributed by atoms with Gasteiger partial charge in [0.2, 0.25) is 0 Å². The Labute approximate surface area is 132 Å². The summed E-state index contributed by atoms with van der Waals surface area (Å²) in [5.74, 6) is 0. The minimum absolute atomic E-state index is 0.0103. The number of fused-ring (bicyclic) bond motifs is 1. The van der Waals surface area contributed by atoms with Crippen molar-refractivity contribution in [1.29, 1.82) is 0 Å². The van der Waals surface area contributed by atoms with Crippen LogP contribution in [0.3, 0.4) is 0 Å². The van der Waals surface area contributed by atoms with Crippen LogP contribution in [0.2, 0.25) is 0 Å². The minimum atomic E-state index is 0.0103. The molecular formula is C15H17N5OS. The highest BCUT2D eigenvalue weighted by molar-refractivity contribution is 7.09. The fourth-order valence-electron chi connectivity index (χ4n) is 2.82. The van der Waals surface area contributed by atoms with Gasteiger partial charge in [-0.3, -0.25) is 10.00 Å². The number of H-pyrrole nitrogens is 1. The Hall–Kier alpha value is -1.83. The maximum absolute atomic E-state index is 5.96. The Bertz CT molecular complexity index is 783. The molecule has 3 aromatic heterocycles. The number of nitrogens with zero attached hydrogens (tertiary/aromatic N) is 4. The lowest BCUT2D eigenvalue weighted by Crippen LogP contribution is -2.38. The molecule has 6 nitrogen and oxygen atoms in total. The van der Waals surface area contributed by atoms with Crippen LogP contribution in [0.15, 0.2) is 23.8 Å². The summed E-state index contributed by atoms with van der Waals surface area (Å²) in [4.78, 5) is 12.3. The number of rotatable bonds is 3. The molecular weight excluding hydrogens is 298 g/mol. The third-order valence-corrected chi connectivity index (χ3v) is 4.96. The zero-order valence-electron chi connectivity index (χ0n) is 12.3. The predicted octanol–water partition coefficient (Wildman–Crippen LogP) is 2.30. The van der Waals surface area contributed by atoms with Crippen molar-refractivity contribution in [2.75, 3.05) is 19.7 Å². The van der Waals surface area contributed by atoms with E-state index in [0.29, 0.717) is 0 Å². The third kappa shape index (κ3) is 2.51. The van der Waals surface area contributed by atoms with Crippen molar-refractivity contribution in [1.82, 2.24) is 25.1 Å². The number of morpholine rings is 1. The zero-order valence-corrected chi connectivity index (χ0v) is 13.1. The van der Waals surface area contributed by atoms with E-state index in [9.17, 15) is 0 Å². The van der Waals surface area contributed by atoms with Crippen molar-refractivity contribution in [3.63, 3.8) is 0 Å². The van der Waals surface area contributed by atoms with Crippen molar-refractivity contribution in [2.45, 2.75) is 19.6 Å². The molecule has 0 radical (unpaired) electrons. The summed E-state index contributed by atoms with van der Waals surface area (Å²) in [5, 5.41) is 8.41. The first-order valence-electron chi connectivity index (χ1n) is 7.33. The second-order valence-electron chi connectivity index (χ2n) is 5.47. The number of aryl methyl sites for hydroxylation is 1. The summed E-state index contributed by atoms with van der Waals surface area (Å²) in [7, 11) is 0. The van der Waals surface area contributed by atoms with E-state index < -0.39 is 0 Å². The largest absolute Gasteiger partial charge is 0.369 e. The summed E-state index contributed by atoms with van der Waals surface area (Å²) in [6.07, 6.45) is 1.77. The Morgan fingerprint density at radius 2 is 2.41 bits per heavy atom. The molecule has 0 spiro atoms. The van der Waals surface area contributed by atoms with Crippen LogP contribution in [0.5, 0.6) is 0 Å². The summed E-state index contributed by atoms with van der Waals surface area (Å²) < 4.78 is 5.96. The van der Waals surface area contributed by atoms with Crippen molar-refractivity contribution >= 4 is 22.4 Å². The third-order valence-electron chi connectivity index (χ3n) is 4.04. The molecule has 1 N–H and O–H groups in total. The average molecular weight is 315 g/mol. The first-order chi connectivity index (χ1) is 10.8. The van der Waals surface area contributed by atoms with E-state index in [0.717, 1.165) is 48.7 Å². The van der Waals surface area contributed by atoms with Gasteiger partial charge in [-0.15, -0.1) is 11.3 Å². The Kier molecular flexibility index (Phi) is 3.61. The highest BCUT2D eigenvalue weighted by atomic mass is 32.1. The molecule has 1 aliphatic heterocycles. The molecule has 0 bridgehead atoms. The van der Waals surface area contributed by atoms with Gasteiger partial charge >= 0.3 is 0 Å². The molecule has 1 atom stereocenters. The zero-order chi connectivity index (χ0) is 14.9. The van der Waals surface area contributed by atoms with Gasteiger partial charge in [0.15, 0.2) is 5.65 Å². The number of hydrogen-bond donors (Lipinski definition) is 1. The van der Waals surface area contributed by atoms with Gasteiger partial charge in [-0.25, -0.2) is 9.97 Å². The van der Waals surface area contributed by atoms with Crippen LogP contribution < -0.4 is 0 Å². The monoisotopic (exact) mass is 315 g/mol. The van der Waals surface area contributed by atoms with E-state index in [2.05, 4.69) is 32.0 Å². The fourth-order valence-corrected chi connectivity index (χ4v) is 3.64. The quantitative estimate of drug-likeness (QED) is 0.803. The van der Waals surface area contributed by atoms with Crippen LogP contribution in [0.1, 0.15) is 22.4 Å². The van der Waals surface area contributed by atoms with Gasteiger partial charge in [0, 0.05) is 36.1 Å². The summed E-state index contributed by atoms with van der Waals surface area (Å²) in [6, 6.07) is 3.97. The van der Waals surface area contributed by atoms with Crippen LogP contribution in [0.25, 0.3) is 11.0 Å². The molecule has 0 aromatic carbocycles. The molecule has 114 valence electrons. The second kappa shape index (κ2) is 5.75. The first-order valence-corrected chi connectivity index (χ1v) is 8.21. The number of hydrogen-bond acceptors (Lipinski definition) is 6. The number of pyridine rings is 1. The lowest BCUT2D eigenvalue weighted by Gasteiger charge is -2.32. The Balaban J connectivity index is 1.54. The number of ether oxygens (including phenoxy) is 1. The molecule has 3 aromatic rings. The van der Waals surface area contributed by atoms with Crippen LogP contribution in [0, 0.1) is 6.92 Å². The lowest BCUT2D eigenvalue weighted by molar-refractivity contribution is -0.0340. The van der Waals surface area contributed by atoms with Crippen molar-refractivity contribution in [3.05, 3.63) is 40.1 Å². The normalized spacial score (nSPS) is 19.8. The molecule has 4 heterocycles. The molecule has 0 amide bonds. The maximum atomic E-state index is 5.96. The van der Waals surface area contributed by atoms with E-state index in [1.807, 2.05) is 17.6 Å². The molecule has 0 saturated carbocycles. The van der Waals surface area contributed by atoms with Gasteiger partial charge in [0.1, 0.15) is 6.10 Å². The van der Waals surface area contributed by atoms with Crippen LogP contribution in [0.4, 0.5) is 0 Å². The highest BCUT2D eigenvalue weighted by Crippen LogP contribution is 2.27. The number of aromatic nitrogens is 4. The standard InChI is InChI=1S/C15H17N5OS/c1-10-13(22-9-17-10)8-20-5-6-21-12(7-20)14-11-3-2-4-16-15(11)19-18-14/h2-4,9,12H,5-8H2,1H3,(H,16,18,19). The van der Waals surface area contributed by atoms with Crippen molar-refractivity contribution < 1.29 is 4.74 Å². The summed E-state index contributed by atoms with van der Waals surface area (Å²) in [6.45, 7) is 5.52. The number of aromatic amines is 1. The van der Waals surface area contributed by atoms with Gasteiger partial charge in [-0.05, 0) is 19.1 Å². The highest BCUT2D eigenvalue weighted by Gasteiger charge is 2.25. The van der Waals surface area contributed by atoms with Gasteiger partial charge in [0.25, 0.3) is 0 Å². The average Bonchev–Trinajstić information content (AvgIpc) is 3.14. The SMILES string of the molecule is Cc1ncsc1CN1CCOC(c2[nH]nc3ncccc23)C1. The molecule has 22 heavy (non-hydrogen) atoms. The molecule has 4 rings (SSSR count). The first kappa shape index (κ1) is 13.8. The molecule has 1 fully saturated rings. The Morgan fingerprint density at radius 3 is 3.27 bits per heavy atom. The lowest BCUT2D eigenvalue weighted by atomic mass is 10.1. The molecule has 7 heteroatoms. The smallest absolute Gasteiger partial charge is 0.181 e. The second-order valence-corrected chi connectivity index (χ2v) is 6.41. The molecule has 0 aliphatic carbocycles. The number of nitrogens with one attached hydrogen (secondary N) is 1. The summed E-state index contributed by atoms with van der Waals surface area (Å²) in [5.41, 5.74) is 4.81. The van der Waals surface area contributed by atoms with E-state index >= 15 is 0 Å². The van der Waals surface area contributed by atoms with Gasteiger partial charge in [0.05, 0.1) is 23.5 Å². The fraction of sp³-hybridized carbons (Fsp3) is 0.400. The minimum Gasteiger partial charge on any atom is -0.369 e. The van der Waals surface area contributed by atoms with Crippen LogP contribution >= 0.6 is 11.3 Å². The number of thiazole rings is 1.